The van der Waals surface area contributed by atoms with E-state index in [1.165, 1.54) is 0 Å². The van der Waals surface area contributed by atoms with Gasteiger partial charge in [0.05, 0.1) is 5.56 Å². The summed E-state index contributed by atoms with van der Waals surface area (Å²) in [4.78, 5) is 37.7. The molecule has 3 heterocycles. The van der Waals surface area contributed by atoms with Crippen LogP contribution in [0.5, 0.6) is 0 Å². The summed E-state index contributed by atoms with van der Waals surface area (Å²) in [5.41, 5.74) is -0.225. The minimum absolute atomic E-state index is 0.0486. The first-order valence-electron chi connectivity index (χ1n) is 9.93. The molecule has 1 aliphatic carbocycles. The Bertz CT molecular complexity index is 935. The third-order valence-electron chi connectivity index (χ3n) is 6.93. The van der Waals surface area contributed by atoms with Gasteiger partial charge in [-0.25, -0.2) is 13.2 Å². The van der Waals surface area contributed by atoms with Gasteiger partial charge in [-0.2, -0.15) is 0 Å². The van der Waals surface area contributed by atoms with Crippen molar-refractivity contribution < 1.29 is 27.6 Å². The molecule has 2 saturated heterocycles. The summed E-state index contributed by atoms with van der Waals surface area (Å²) in [6, 6.07) is -0.962. The number of hydrogen-bond acceptors (Lipinski definition) is 4. The van der Waals surface area contributed by atoms with E-state index in [0.29, 0.717) is 13.1 Å². The molecule has 2 unspecified atom stereocenters. The van der Waals surface area contributed by atoms with Crippen LogP contribution in [0.25, 0.3) is 0 Å². The van der Waals surface area contributed by atoms with E-state index in [1.807, 2.05) is 0 Å². The molecule has 4 aliphatic rings. The summed E-state index contributed by atoms with van der Waals surface area (Å²) in [6.45, 7) is 1.17. The minimum atomic E-state index is -1.63. The molecule has 0 aromatic heterocycles. The molecule has 154 valence electrons. The number of hydrogen-bond donors (Lipinski definition) is 2. The third-order valence-corrected chi connectivity index (χ3v) is 6.93. The van der Waals surface area contributed by atoms with Crippen molar-refractivity contribution in [2.75, 3.05) is 13.1 Å². The fourth-order valence-corrected chi connectivity index (χ4v) is 5.63. The van der Waals surface area contributed by atoms with Gasteiger partial charge >= 0.3 is 0 Å². The summed E-state index contributed by atoms with van der Waals surface area (Å²) in [6.07, 6.45) is 1.87. The molecule has 1 saturated carbocycles. The van der Waals surface area contributed by atoms with Crippen LogP contribution in [0.1, 0.15) is 53.1 Å². The van der Waals surface area contributed by atoms with E-state index in [9.17, 15) is 23.2 Å². The maximum absolute atomic E-state index is 15.0. The van der Waals surface area contributed by atoms with Gasteiger partial charge in [-0.05, 0) is 55.7 Å². The molecule has 2 N–H and O–H groups in total. The van der Waals surface area contributed by atoms with Crippen LogP contribution >= 0.6 is 0 Å². The number of carbonyl (C=O) groups is 3. The lowest BCUT2D eigenvalue weighted by atomic mass is 9.77. The first kappa shape index (κ1) is 18.6. The number of nitrogens with one attached hydrogen (secondary N) is 2. The fourth-order valence-electron chi connectivity index (χ4n) is 5.63. The number of halogens is 3. The number of imide groups is 1. The van der Waals surface area contributed by atoms with Gasteiger partial charge < -0.3 is 10.2 Å². The van der Waals surface area contributed by atoms with E-state index in [2.05, 4.69) is 10.6 Å². The largest absolute Gasteiger partial charge is 0.322 e. The van der Waals surface area contributed by atoms with Crippen LogP contribution in [0, 0.1) is 29.3 Å². The standard InChI is InChI=1S/C20H20F3N3O3/c21-16-14(13-8-1-2-9(13)6-24-5-8)10-7-26(11-3-4-12(27)25-19(11)28)20(29)15(10)17(22)18(16)23/h8-9,11,13,24H,1-7H2,(H,25,27,28)/t8-,9+,11?,13?. The van der Waals surface area contributed by atoms with Gasteiger partial charge in [0.15, 0.2) is 17.5 Å². The van der Waals surface area contributed by atoms with E-state index < -0.39 is 46.8 Å². The van der Waals surface area contributed by atoms with Crippen LogP contribution in [-0.2, 0) is 16.1 Å². The summed E-state index contributed by atoms with van der Waals surface area (Å²) in [5, 5.41) is 5.46. The van der Waals surface area contributed by atoms with Crippen LogP contribution in [0.3, 0.4) is 0 Å². The average Bonchev–Trinajstić information content (AvgIpc) is 3.13. The number of rotatable bonds is 2. The van der Waals surface area contributed by atoms with Crippen molar-refractivity contribution in [3.63, 3.8) is 0 Å². The Morgan fingerprint density at radius 3 is 2.24 bits per heavy atom. The van der Waals surface area contributed by atoms with Crippen LogP contribution in [0.2, 0.25) is 0 Å². The topological polar surface area (TPSA) is 78.5 Å². The highest BCUT2D eigenvalue weighted by molar-refractivity contribution is 6.05. The first-order chi connectivity index (χ1) is 13.9. The smallest absolute Gasteiger partial charge is 0.258 e. The molecule has 0 spiro atoms. The molecule has 4 atom stereocenters. The summed E-state index contributed by atoms with van der Waals surface area (Å²) in [7, 11) is 0. The zero-order valence-electron chi connectivity index (χ0n) is 15.6. The SMILES string of the molecule is O=C1CCC(N2Cc3c(c(F)c(F)c(F)c3C3[C@@H]4CC[C@H]3CNC4)C2=O)C(=O)N1. The van der Waals surface area contributed by atoms with Crippen molar-refractivity contribution in [3.05, 3.63) is 34.1 Å². The van der Waals surface area contributed by atoms with E-state index in [0.717, 1.165) is 17.7 Å². The van der Waals surface area contributed by atoms with Gasteiger partial charge in [0.2, 0.25) is 11.8 Å². The van der Waals surface area contributed by atoms with Gasteiger partial charge in [0.25, 0.3) is 5.91 Å². The average molecular weight is 407 g/mol. The Labute approximate surface area is 164 Å². The van der Waals surface area contributed by atoms with Crippen LogP contribution in [0.15, 0.2) is 0 Å². The number of piperidine rings is 2. The number of fused-ring (bicyclic) bond motifs is 3. The molecular weight excluding hydrogens is 387 g/mol. The van der Waals surface area contributed by atoms with Gasteiger partial charge in [0, 0.05) is 18.5 Å². The van der Waals surface area contributed by atoms with Crippen molar-refractivity contribution in [3.8, 4) is 0 Å². The lowest BCUT2D eigenvalue weighted by Crippen LogP contribution is -2.52. The first-order valence-corrected chi connectivity index (χ1v) is 9.93. The molecule has 3 aliphatic heterocycles. The second-order valence-corrected chi connectivity index (χ2v) is 8.39. The third kappa shape index (κ3) is 2.63. The highest BCUT2D eigenvalue weighted by atomic mass is 19.2. The van der Waals surface area contributed by atoms with Gasteiger partial charge in [-0.1, -0.05) is 0 Å². The Morgan fingerprint density at radius 1 is 0.897 bits per heavy atom. The Kier molecular flexibility index (Phi) is 4.20. The quantitative estimate of drug-likeness (QED) is 0.577. The van der Waals surface area contributed by atoms with E-state index in [1.54, 1.807) is 0 Å². The monoisotopic (exact) mass is 407 g/mol. The van der Waals surface area contributed by atoms with Crippen LogP contribution in [0.4, 0.5) is 13.2 Å². The van der Waals surface area contributed by atoms with Gasteiger partial charge in [0.1, 0.15) is 6.04 Å². The van der Waals surface area contributed by atoms with Crippen molar-refractivity contribution in [1.29, 1.82) is 0 Å². The molecule has 2 bridgehead atoms. The number of carbonyl (C=O) groups excluding carboxylic acids is 3. The fraction of sp³-hybridized carbons (Fsp3) is 0.550. The Balaban J connectivity index is 1.60. The molecule has 3 amide bonds. The molecule has 5 rings (SSSR count). The molecule has 1 aromatic rings. The van der Waals surface area contributed by atoms with Gasteiger partial charge in [-0.15, -0.1) is 0 Å². The molecule has 9 heteroatoms. The molecular formula is C20H20F3N3O3. The van der Waals surface area contributed by atoms with Crippen molar-refractivity contribution >= 4 is 17.7 Å². The lowest BCUT2D eigenvalue weighted by molar-refractivity contribution is -0.136. The van der Waals surface area contributed by atoms with Crippen molar-refractivity contribution in [2.45, 2.75) is 44.2 Å². The molecule has 3 fully saturated rings. The predicted molar refractivity (Wildman–Crippen MR) is 94.2 cm³/mol. The summed E-state index contributed by atoms with van der Waals surface area (Å²) < 4.78 is 44.1. The highest BCUT2D eigenvalue weighted by Crippen LogP contribution is 2.50. The minimum Gasteiger partial charge on any atom is -0.322 e. The number of benzene rings is 1. The maximum atomic E-state index is 15.0. The van der Waals surface area contributed by atoms with Crippen molar-refractivity contribution in [1.82, 2.24) is 15.5 Å². The molecule has 29 heavy (non-hydrogen) atoms. The second kappa shape index (κ2) is 6.55. The molecule has 0 radical (unpaired) electrons. The highest BCUT2D eigenvalue weighted by Gasteiger charge is 2.48. The van der Waals surface area contributed by atoms with Crippen LogP contribution < -0.4 is 10.6 Å². The normalized spacial score (nSPS) is 31.3. The zero-order valence-corrected chi connectivity index (χ0v) is 15.6. The number of amides is 3. The Morgan fingerprint density at radius 2 is 1.59 bits per heavy atom. The predicted octanol–water partition coefficient (Wildman–Crippen LogP) is 1.58. The lowest BCUT2D eigenvalue weighted by Gasteiger charge is -2.33. The summed E-state index contributed by atoms with van der Waals surface area (Å²) in [5.74, 6) is -6.35. The van der Waals surface area contributed by atoms with E-state index in [4.69, 9.17) is 0 Å². The summed E-state index contributed by atoms with van der Waals surface area (Å²) >= 11 is 0. The second-order valence-electron chi connectivity index (χ2n) is 8.39. The van der Waals surface area contributed by atoms with Gasteiger partial charge in [-0.3, -0.25) is 19.7 Å². The zero-order chi connectivity index (χ0) is 20.4. The molecule has 1 aromatic carbocycles. The Hall–Kier alpha value is -2.42. The van der Waals surface area contributed by atoms with Crippen LogP contribution in [-0.4, -0.2) is 41.8 Å². The van der Waals surface area contributed by atoms with E-state index in [-0.39, 0.29) is 48.3 Å². The van der Waals surface area contributed by atoms with E-state index >= 15 is 4.39 Å². The van der Waals surface area contributed by atoms with Crippen molar-refractivity contribution in [2.24, 2.45) is 11.8 Å². The maximum Gasteiger partial charge on any atom is 0.258 e. The molecule has 6 nitrogen and oxygen atoms in total. The number of nitrogens with zero attached hydrogens (tertiary/aromatic N) is 1.